The van der Waals surface area contributed by atoms with Crippen molar-refractivity contribution >= 4 is 0 Å². The van der Waals surface area contributed by atoms with Crippen molar-refractivity contribution < 1.29 is 4.74 Å². The predicted octanol–water partition coefficient (Wildman–Crippen LogP) is 3.22. The molecule has 0 spiro atoms. The van der Waals surface area contributed by atoms with Gasteiger partial charge >= 0.3 is 0 Å². The van der Waals surface area contributed by atoms with Gasteiger partial charge in [0, 0.05) is 19.2 Å². The highest BCUT2D eigenvalue weighted by Crippen LogP contribution is 2.29. The van der Waals surface area contributed by atoms with E-state index in [2.05, 4.69) is 33.0 Å². The van der Waals surface area contributed by atoms with Gasteiger partial charge in [-0.1, -0.05) is 47.0 Å². The number of hydrogen-bond acceptors (Lipinski definition) is 2. The van der Waals surface area contributed by atoms with Crippen molar-refractivity contribution in [3.05, 3.63) is 0 Å². The number of ether oxygens (including phenoxy) is 1. The van der Waals surface area contributed by atoms with Crippen LogP contribution in [-0.2, 0) is 4.74 Å². The van der Waals surface area contributed by atoms with E-state index in [0.717, 1.165) is 19.1 Å². The number of hydrogen-bond donors (Lipinski definition) is 1. The highest BCUT2D eigenvalue weighted by molar-refractivity contribution is 4.71. The summed E-state index contributed by atoms with van der Waals surface area (Å²) in [4.78, 5) is 0. The van der Waals surface area contributed by atoms with Gasteiger partial charge in [0.25, 0.3) is 0 Å². The second-order valence-electron chi connectivity index (χ2n) is 5.80. The molecular formula is C14H29NO. The Kier molecular flexibility index (Phi) is 6.37. The minimum Gasteiger partial charge on any atom is -0.377 e. The summed E-state index contributed by atoms with van der Waals surface area (Å²) in [5.41, 5.74) is 0. The zero-order valence-corrected chi connectivity index (χ0v) is 11.5. The highest BCUT2D eigenvalue weighted by Gasteiger charge is 2.19. The standard InChI is InChI=1S/C14H29NO/c1-11(2)14(10-15-12(3)4)16-9-8-13-6-5-7-13/h11-15H,5-10H2,1-4H3. The predicted molar refractivity (Wildman–Crippen MR) is 69.7 cm³/mol. The van der Waals surface area contributed by atoms with Crippen LogP contribution >= 0.6 is 0 Å². The van der Waals surface area contributed by atoms with Gasteiger partial charge in [0.15, 0.2) is 0 Å². The molecule has 2 nitrogen and oxygen atoms in total. The van der Waals surface area contributed by atoms with Gasteiger partial charge < -0.3 is 10.1 Å². The zero-order valence-electron chi connectivity index (χ0n) is 11.5. The van der Waals surface area contributed by atoms with Crippen molar-refractivity contribution in [2.24, 2.45) is 11.8 Å². The fourth-order valence-electron chi connectivity index (χ4n) is 2.01. The molecule has 0 heterocycles. The first-order valence-corrected chi connectivity index (χ1v) is 6.94. The molecule has 0 aromatic rings. The van der Waals surface area contributed by atoms with Gasteiger partial charge in [0.1, 0.15) is 0 Å². The second-order valence-corrected chi connectivity index (χ2v) is 5.80. The van der Waals surface area contributed by atoms with Gasteiger partial charge in [-0.05, 0) is 18.3 Å². The van der Waals surface area contributed by atoms with Gasteiger partial charge in [0.2, 0.25) is 0 Å². The first-order chi connectivity index (χ1) is 7.59. The molecular weight excluding hydrogens is 198 g/mol. The van der Waals surface area contributed by atoms with Crippen molar-refractivity contribution in [3.63, 3.8) is 0 Å². The molecule has 1 atom stereocenters. The monoisotopic (exact) mass is 227 g/mol. The smallest absolute Gasteiger partial charge is 0.0722 e. The third-order valence-corrected chi connectivity index (χ3v) is 3.55. The first-order valence-electron chi connectivity index (χ1n) is 6.94. The fraction of sp³-hybridized carbons (Fsp3) is 1.00. The van der Waals surface area contributed by atoms with Crippen molar-refractivity contribution in [1.82, 2.24) is 5.32 Å². The molecule has 16 heavy (non-hydrogen) atoms. The van der Waals surface area contributed by atoms with Crippen LogP contribution in [0.1, 0.15) is 53.4 Å². The Labute approximate surface area is 101 Å². The molecule has 1 N–H and O–H groups in total. The van der Waals surface area contributed by atoms with Crippen LogP contribution in [0.5, 0.6) is 0 Å². The van der Waals surface area contributed by atoms with Crippen molar-refractivity contribution in [2.45, 2.75) is 65.5 Å². The molecule has 0 aromatic carbocycles. The lowest BCUT2D eigenvalue weighted by molar-refractivity contribution is 0.0102. The molecule has 1 fully saturated rings. The summed E-state index contributed by atoms with van der Waals surface area (Å²) in [7, 11) is 0. The van der Waals surface area contributed by atoms with Crippen LogP contribution in [0.3, 0.4) is 0 Å². The van der Waals surface area contributed by atoms with E-state index in [4.69, 9.17) is 4.74 Å². The minimum atomic E-state index is 0.377. The van der Waals surface area contributed by atoms with Crippen LogP contribution < -0.4 is 5.32 Å². The van der Waals surface area contributed by atoms with Gasteiger partial charge in [-0.15, -0.1) is 0 Å². The van der Waals surface area contributed by atoms with Crippen molar-refractivity contribution in [1.29, 1.82) is 0 Å². The Hall–Kier alpha value is -0.0800. The topological polar surface area (TPSA) is 21.3 Å². The van der Waals surface area contributed by atoms with E-state index >= 15 is 0 Å². The van der Waals surface area contributed by atoms with Crippen LogP contribution in [0.25, 0.3) is 0 Å². The average molecular weight is 227 g/mol. The molecule has 1 saturated carbocycles. The molecule has 0 saturated heterocycles. The Balaban J connectivity index is 2.11. The van der Waals surface area contributed by atoms with E-state index in [1.54, 1.807) is 0 Å². The lowest BCUT2D eigenvalue weighted by atomic mass is 9.83. The zero-order chi connectivity index (χ0) is 12.0. The summed E-state index contributed by atoms with van der Waals surface area (Å²) >= 11 is 0. The Morgan fingerprint density at radius 1 is 1.19 bits per heavy atom. The van der Waals surface area contributed by atoms with Gasteiger partial charge in [-0.25, -0.2) is 0 Å². The van der Waals surface area contributed by atoms with E-state index in [1.807, 2.05) is 0 Å². The number of rotatable bonds is 8. The average Bonchev–Trinajstić information content (AvgIpc) is 2.12. The molecule has 1 aliphatic carbocycles. The maximum absolute atomic E-state index is 6.00. The molecule has 0 aromatic heterocycles. The third kappa shape index (κ3) is 5.31. The normalized spacial score (nSPS) is 19.1. The lowest BCUT2D eigenvalue weighted by Gasteiger charge is -2.28. The molecule has 0 amide bonds. The summed E-state index contributed by atoms with van der Waals surface area (Å²) in [6.45, 7) is 10.8. The summed E-state index contributed by atoms with van der Waals surface area (Å²) in [6, 6.07) is 0.552. The van der Waals surface area contributed by atoms with Crippen LogP contribution in [-0.4, -0.2) is 25.3 Å². The van der Waals surface area contributed by atoms with Crippen LogP contribution in [0.4, 0.5) is 0 Å². The maximum Gasteiger partial charge on any atom is 0.0722 e. The third-order valence-electron chi connectivity index (χ3n) is 3.55. The summed E-state index contributed by atoms with van der Waals surface area (Å²) in [5, 5.41) is 3.47. The van der Waals surface area contributed by atoms with Gasteiger partial charge in [-0.3, -0.25) is 0 Å². The van der Waals surface area contributed by atoms with Crippen LogP contribution in [0, 0.1) is 11.8 Å². The first kappa shape index (κ1) is 14.0. The molecule has 1 unspecified atom stereocenters. The molecule has 96 valence electrons. The molecule has 0 bridgehead atoms. The summed E-state index contributed by atoms with van der Waals surface area (Å²) in [6.07, 6.45) is 5.94. The largest absolute Gasteiger partial charge is 0.377 e. The van der Waals surface area contributed by atoms with E-state index in [9.17, 15) is 0 Å². The SMILES string of the molecule is CC(C)NCC(OCCC1CCC1)C(C)C. The molecule has 1 rings (SSSR count). The van der Waals surface area contributed by atoms with Gasteiger partial charge in [0.05, 0.1) is 6.10 Å². The van der Waals surface area contributed by atoms with Crippen molar-refractivity contribution in [2.75, 3.05) is 13.2 Å². The van der Waals surface area contributed by atoms with Crippen LogP contribution in [0.2, 0.25) is 0 Å². The number of nitrogens with one attached hydrogen (secondary N) is 1. The van der Waals surface area contributed by atoms with Gasteiger partial charge in [-0.2, -0.15) is 0 Å². The lowest BCUT2D eigenvalue weighted by Crippen LogP contribution is -2.37. The van der Waals surface area contributed by atoms with E-state index in [1.165, 1.54) is 25.7 Å². The molecule has 1 aliphatic rings. The summed E-state index contributed by atoms with van der Waals surface area (Å²) in [5.74, 6) is 1.57. The van der Waals surface area contributed by atoms with Crippen LogP contribution in [0.15, 0.2) is 0 Å². The Morgan fingerprint density at radius 3 is 2.31 bits per heavy atom. The Morgan fingerprint density at radius 2 is 1.88 bits per heavy atom. The quantitative estimate of drug-likeness (QED) is 0.687. The van der Waals surface area contributed by atoms with E-state index in [-0.39, 0.29) is 0 Å². The molecule has 0 radical (unpaired) electrons. The van der Waals surface area contributed by atoms with E-state index in [0.29, 0.717) is 18.1 Å². The fourth-order valence-corrected chi connectivity index (χ4v) is 2.01. The van der Waals surface area contributed by atoms with E-state index < -0.39 is 0 Å². The highest BCUT2D eigenvalue weighted by atomic mass is 16.5. The maximum atomic E-state index is 6.00. The summed E-state index contributed by atoms with van der Waals surface area (Å²) < 4.78 is 6.00. The Bertz CT molecular complexity index is 176. The molecule has 0 aliphatic heterocycles. The second kappa shape index (κ2) is 7.29. The minimum absolute atomic E-state index is 0.377. The van der Waals surface area contributed by atoms with Crippen molar-refractivity contribution in [3.8, 4) is 0 Å². The molecule has 2 heteroatoms.